The molecular formula is C18H16N2O5S. The predicted molar refractivity (Wildman–Crippen MR) is 97.7 cm³/mol. The minimum absolute atomic E-state index is 0.0813. The average Bonchev–Trinajstić information content (AvgIpc) is 3.13. The first-order valence-corrected chi connectivity index (χ1v) is 8.52. The summed E-state index contributed by atoms with van der Waals surface area (Å²) < 4.78 is 17.1. The van der Waals surface area contributed by atoms with Gasteiger partial charge in [-0.25, -0.2) is 9.78 Å². The van der Waals surface area contributed by atoms with E-state index < -0.39 is 5.97 Å². The van der Waals surface area contributed by atoms with Crippen LogP contribution in [0.2, 0.25) is 0 Å². The fraction of sp³-hybridized carbons (Fsp3) is 0.167. The summed E-state index contributed by atoms with van der Waals surface area (Å²) in [5.41, 5.74) is 0.872. The summed E-state index contributed by atoms with van der Waals surface area (Å²) in [6, 6.07) is 6.69. The van der Waals surface area contributed by atoms with Crippen LogP contribution >= 0.6 is 11.3 Å². The summed E-state index contributed by atoms with van der Waals surface area (Å²) >= 11 is 1.34. The van der Waals surface area contributed by atoms with Crippen LogP contribution in [0.3, 0.4) is 0 Å². The van der Waals surface area contributed by atoms with Gasteiger partial charge in [0, 0.05) is 29.3 Å². The number of benzene rings is 1. The Bertz CT molecular complexity index is 1020. The van der Waals surface area contributed by atoms with Crippen molar-refractivity contribution in [3.05, 3.63) is 63.5 Å². The lowest BCUT2D eigenvalue weighted by atomic mass is 10.1. The van der Waals surface area contributed by atoms with Crippen LogP contribution in [0.25, 0.3) is 11.0 Å². The van der Waals surface area contributed by atoms with Crippen LogP contribution in [0.1, 0.15) is 11.3 Å². The Morgan fingerprint density at radius 2 is 2.15 bits per heavy atom. The van der Waals surface area contributed by atoms with E-state index in [2.05, 4.69) is 4.98 Å². The maximum absolute atomic E-state index is 12.0. The molecule has 3 rings (SSSR count). The van der Waals surface area contributed by atoms with Gasteiger partial charge < -0.3 is 14.2 Å². The molecule has 0 aliphatic rings. The number of esters is 1. The Hall–Kier alpha value is -3.13. The van der Waals surface area contributed by atoms with Gasteiger partial charge in [-0.3, -0.25) is 9.20 Å². The minimum atomic E-state index is -0.553. The summed E-state index contributed by atoms with van der Waals surface area (Å²) in [5, 5.41) is 1.77. The van der Waals surface area contributed by atoms with Crippen molar-refractivity contribution >= 4 is 28.3 Å². The normalized spacial score (nSPS) is 11.0. The van der Waals surface area contributed by atoms with Crippen molar-refractivity contribution in [2.75, 3.05) is 14.2 Å². The number of ether oxygens (including phenoxy) is 3. The van der Waals surface area contributed by atoms with Gasteiger partial charge in [0.1, 0.15) is 6.61 Å². The van der Waals surface area contributed by atoms with Gasteiger partial charge in [0.15, 0.2) is 16.5 Å². The van der Waals surface area contributed by atoms with Crippen LogP contribution < -0.4 is 15.0 Å². The van der Waals surface area contributed by atoms with Crippen LogP contribution in [0, 0.1) is 0 Å². The fourth-order valence-electron chi connectivity index (χ4n) is 2.36. The van der Waals surface area contributed by atoms with E-state index in [4.69, 9.17) is 14.2 Å². The zero-order chi connectivity index (χ0) is 18.5. The Kier molecular flexibility index (Phi) is 5.33. The highest BCUT2D eigenvalue weighted by Crippen LogP contribution is 2.31. The number of carbonyl (C=O) groups is 1. The van der Waals surface area contributed by atoms with E-state index in [1.807, 2.05) is 0 Å². The predicted octanol–water partition coefficient (Wildman–Crippen LogP) is 2.53. The third-order valence-corrected chi connectivity index (χ3v) is 4.31. The number of nitrogens with zero attached hydrogens (tertiary/aromatic N) is 2. The van der Waals surface area contributed by atoms with E-state index in [0.717, 1.165) is 0 Å². The largest absolute Gasteiger partial charge is 0.493 e. The number of methoxy groups -OCH3 is 2. The lowest BCUT2D eigenvalue weighted by Crippen LogP contribution is -2.14. The van der Waals surface area contributed by atoms with E-state index in [-0.39, 0.29) is 12.2 Å². The molecule has 2 heterocycles. The maximum Gasteiger partial charge on any atom is 0.331 e. The first-order valence-electron chi connectivity index (χ1n) is 7.64. The van der Waals surface area contributed by atoms with Crippen molar-refractivity contribution in [3.63, 3.8) is 0 Å². The lowest BCUT2D eigenvalue weighted by Gasteiger charge is -2.09. The molecule has 2 aromatic heterocycles. The van der Waals surface area contributed by atoms with Crippen molar-refractivity contribution < 1.29 is 19.0 Å². The van der Waals surface area contributed by atoms with Gasteiger partial charge in [-0.2, -0.15) is 0 Å². The monoisotopic (exact) mass is 372 g/mol. The molecule has 0 N–H and O–H groups in total. The summed E-state index contributed by atoms with van der Waals surface area (Å²) in [6.45, 7) is -0.0813. The third kappa shape index (κ3) is 3.75. The van der Waals surface area contributed by atoms with E-state index >= 15 is 0 Å². The standard InChI is InChI=1S/C18H16N2O5S/c1-23-14-5-3-4-12(17(14)24-2)6-7-16(22)25-11-13-10-15(21)20-8-9-26-18(20)19-13/h3-10H,11H2,1-2H3. The van der Waals surface area contributed by atoms with Crippen LogP contribution in [0.15, 0.2) is 46.7 Å². The summed E-state index contributed by atoms with van der Waals surface area (Å²) in [6.07, 6.45) is 4.51. The zero-order valence-electron chi connectivity index (χ0n) is 14.2. The van der Waals surface area contributed by atoms with Gasteiger partial charge in [0.25, 0.3) is 5.56 Å². The Balaban J connectivity index is 1.69. The molecule has 7 nitrogen and oxygen atoms in total. The zero-order valence-corrected chi connectivity index (χ0v) is 15.0. The molecule has 0 aliphatic heterocycles. The molecule has 0 bridgehead atoms. The van der Waals surface area contributed by atoms with Crippen LogP contribution in [0.5, 0.6) is 11.5 Å². The van der Waals surface area contributed by atoms with Crippen molar-refractivity contribution in [2.45, 2.75) is 6.61 Å². The van der Waals surface area contributed by atoms with E-state index in [1.54, 1.807) is 43.0 Å². The molecule has 0 saturated carbocycles. The number of aromatic nitrogens is 2. The molecule has 3 aromatic rings. The minimum Gasteiger partial charge on any atom is -0.493 e. The topological polar surface area (TPSA) is 79.1 Å². The number of rotatable bonds is 6. The van der Waals surface area contributed by atoms with Gasteiger partial charge in [-0.15, -0.1) is 11.3 Å². The van der Waals surface area contributed by atoms with Gasteiger partial charge in [-0.05, 0) is 12.1 Å². The van der Waals surface area contributed by atoms with Crippen molar-refractivity contribution in [2.24, 2.45) is 0 Å². The highest BCUT2D eigenvalue weighted by molar-refractivity contribution is 7.15. The molecule has 0 unspecified atom stereocenters. The van der Waals surface area contributed by atoms with Gasteiger partial charge >= 0.3 is 5.97 Å². The molecule has 0 spiro atoms. The first kappa shape index (κ1) is 17.7. The number of hydrogen-bond donors (Lipinski definition) is 0. The number of para-hydroxylation sites is 1. The second kappa shape index (κ2) is 7.83. The fourth-order valence-corrected chi connectivity index (χ4v) is 3.09. The van der Waals surface area contributed by atoms with E-state index in [9.17, 15) is 9.59 Å². The van der Waals surface area contributed by atoms with Crippen molar-refractivity contribution in [3.8, 4) is 11.5 Å². The number of carbonyl (C=O) groups excluding carboxylic acids is 1. The molecule has 0 radical (unpaired) electrons. The maximum atomic E-state index is 12.0. The third-order valence-electron chi connectivity index (χ3n) is 3.55. The summed E-state index contributed by atoms with van der Waals surface area (Å²) in [4.78, 5) is 28.7. The number of fused-ring (bicyclic) bond motifs is 1. The van der Waals surface area contributed by atoms with Gasteiger partial charge in [0.05, 0.1) is 19.9 Å². The number of hydrogen-bond acceptors (Lipinski definition) is 7. The quantitative estimate of drug-likeness (QED) is 0.489. The first-order chi connectivity index (χ1) is 12.6. The SMILES string of the molecule is COc1cccc(C=CC(=O)OCc2cc(=O)n3ccsc3n2)c1OC. The highest BCUT2D eigenvalue weighted by Gasteiger charge is 2.08. The molecule has 0 aliphatic carbocycles. The average molecular weight is 372 g/mol. The smallest absolute Gasteiger partial charge is 0.331 e. The number of thiazole rings is 1. The molecule has 0 saturated heterocycles. The Morgan fingerprint density at radius 1 is 1.31 bits per heavy atom. The highest BCUT2D eigenvalue weighted by atomic mass is 32.1. The van der Waals surface area contributed by atoms with Gasteiger partial charge in [-0.1, -0.05) is 12.1 Å². The second-order valence-electron chi connectivity index (χ2n) is 5.17. The summed E-state index contributed by atoms with van der Waals surface area (Å²) in [7, 11) is 3.07. The Labute approximate surface area is 153 Å². The van der Waals surface area contributed by atoms with Gasteiger partial charge in [0.2, 0.25) is 0 Å². The lowest BCUT2D eigenvalue weighted by molar-refractivity contribution is -0.139. The molecule has 8 heteroatoms. The Morgan fingerprint density at radius 3 is 2.92 bits per heavy atom. The second-order valence-corrected chi connectivity index (χ2v) is 6.04. The molecule has 0 amide bonds. The molecular weight excluding hydrogens is 356 g/mol. The van der Waals surface area contributed by atoms with Crippen LogP contribution in [-0.2, 0) is 16.1 Å². The molecule has 134 valence electrons. The molecule has 1 aromatic carbocycles. The molecule has 0 atom stereocenters. The molecule has 26 heavy (non-hydrogen) atoms. The van der Waals surface area contributed by atoms with Crippen LogP contribution in [-0.4, -0.2) is 29.6 Å². The van der Waals surface area contributed by atoms with Crippen LogP contribution in [0.4, 0.5) is 0 Å². The van der Waals surface area contributed by atoms with E-state index in [0.29, 0.717) is 27.7 Å². The van der Waals surface area contributed by atoms with E-state index in [1.165, 1.54) is 35.0 Å². The molecule has 0 fully saturated rings. The van der Waals surface area contributed by atoms with Crippen molar-refractivity contribution in [1.29, 1.82) is 0 Å². The van der Waals surface area contributed by atoms with Crippen molar-refractivity contribution in [1.82, 2.24) is 9.38 Å². The summed E-state index contributed by atoms with van der Waals surface area (Å²) in [5.74, 6) is 0.539.